The topological polar surface area (TPSA) is 115 Å². The Labute approximate surface area is 251 Å². The van der Waals surface area contributed by atoms with E-state index in [0.29, 0.717) is 49.1 Å². The largest absolute Gasteiger partial charge is 0.475 e. The highest BCUT2D eigenvalue weighted by Gasteiger charge is 2.29. The van der Waals surface area contributed by atoms with Gasteiger partial charge in [0.15, 0.2) is 0 Å². The number of urea groups is 1. The fourth-order valence-electron chi connectivity index (χ4n) is 5.46. The Morgan fingerprint density at radius 1 is 0.930 bits per heavy atom. The molecule has 1 saturated heterocycles. The molecule has 2 amide bonds. The normalized spacial score (nSPS) is 14.0. The van der Waals surface area contributed by atoms with Crippen LogP contribution in [0.25, 0.3) is 11.0 Å². The van der Waals surface area contributed by atoms with Gasteiger partial charge in [-0.25, -0.2) is 18.0 Å². The second-order valence-corrected chi connectivity index (χ2v) is 12.8. The molecule has 3 aromatic carbocycles. The van der Waals surface area contributed by atoms with Gasteiger partial charge in [0.2, 0.25) is 15.8 Å². The number of furan rings is 1. The standard InChI is InChI=1S/C32H36N4O6S/c1-23-27-21-26(13-14-29(27)42-30(23)31(37)38)43(40,41)36(16-15-24-9-5-4-6-10-24)22-25-11-7-8-12-28(25)34-17-19-35(20-18-34)32(39)33(2)3/h4-14,21H,15-20,22H2,1-3H3,(H,37,38). The van der Waals surface area contributed by atoms with Crippen LogP contribution in [-0.4, -0.2) is 86.4 Å². The van der Waals surface area contributed by atoms with Crippen molar-refractivity contribution in [2.24, 2.45) is 0 Å². The fraction of sp³-hybridized carbons (Fsp3) is 0.312. The molecular weight excluding hydrogens is 568 g/mol. The van der Waals surface area contributed by atoms with Crippen LogP contribution < -0.4 is 4.90 Å². The van der Waals surface area contributed by atoms with Crippen LogP contribution in [0.2, 0.25) is 0 Å². The predicted molar refractivity (Wildman–Crippen MR) is 165 cm³/mol. The minimum Gasteiger partial charge on any atom is -0.475 e. The van der Waals surface area contributed by atoms with Gasteiger partial charge in [0, 0.05) is 70.0 Å². The van der Waals surface area contributed by atoms with Gasteiger partial charge in [-0.3, -0.25) is 0 Å². The van der Waals surface area contributed by atoms with Crippen LogP contribution in [0.5, 0.6) is 0 Å². The number of carboxylic acids is 1. The lowest BCUT2D eigenvalue weighted by Crippen LogP contribution is -2.51. The van der Waals surface area contributed by atoms with Gasteiger partial charge in [-0.1, -0.05) is 48.5 Å². The average Bonchev–Trinajstić information content (AvgIpc) is 3.35. The highest BCUT2D eigenvalue weighted by molar-refractivity contribution is 7.89. The van der Waals surface area contributed by atoms with E-state index < -0.39 is 16.0 Å². The summed E-state index contributed by atoms with van der Waals surface area (Å²) < 4.78 is 35.4. The van der Waals surface area contributed by atoms with Crippen molar-refractivity contribution in [3.05, 3.63) is 95.2 Å². The lowest BCUT2D eigenvalue weighted by Gasteiger charge is -2.38. The molecule has 1 aliphatic heterocycles. The second-order valence-electron chi connectivity index (χ2n) is 10.9. The number of carbonyl (C=O) groups excluding carboxylic acids is 1. The van der Waals surface area contributed by atoms with Crippen molar-refractivity contribution < 1.29 is 27.5 Å². The Morgan fingerprint density at radius 2 is 1.60 bits per heavy atom. The molecule has 0 bridgehead atoms. The summed E-state index contributed by atoms with van der Waals surface area (Å²) in [5, 5.41) is 9.93. The molecule has 1 aliphatic rings. The number of aromatic carboxylic acids is 1. The van der Waals surface area contributed by atoms with Gasteiger partial charge in [-0.05, 0) is 48.7 Å². The highest BCUT2D eigenvalue weighted by Crippen LogP contribution is 2.31. The number of fused-ring (bicyclic) bond motifs is 1. The van der Waals surface area contributed by atoms with E-state index >= 15 is 0 Å². The van der Waals surface area contributed by atoms with Crippen molar-refractivity contribution in [2.45, 2.75) is 24.8 Å². The third-order valence-electron chi connectivity index (χ3n) is 7.84. The Bertz CT molecular complexity index is 1730. The number of carbonyl (C=O) groups is 2. The minimum absolute atomic E-state index is 0.0218. The summed E-state index contributed by atoms with van der Waals surface area (Å²) in [6, 6.07) is 22.0. The molecule has 0 spiro atoms. The first kappa shape index (κ1) is 30.1. The Hall–Kier alpha value is -4.35. The summed E-state index contributed by atoms with van der Waals surface area (Å²) in [5.41, 5.74) is 3.52. The molecule has 1 aromatic heterocycles. The molecule has 1 N–H and O–H groups in total. The third kappa shape index (κ3) is 6.37. The lowest BCUT2D eigenvalue weighted by molar-refractivity contribution is 0.0664. The van der Waals surface area contributed by atoms with Crippen molar-refractivity contribution in [1.29, 1.82) is 0 Å². The molecule has 43 heavy (non-hydrogen) atoms. The van der Waals surface area contributed by atoms with Gasteiger partial charge >= 0.3 is 12.0 Å². The van der Waals surface area contributed by atoms with Crippen LogP contribution in [-0.2, 0) is 23.0 Å². The quantitative estimate of drug-likeness (QED) is 0.295. The summed E-state index contributed by atoms with van der Waals surface area (Å²) >= 11 is 0. The molecule has 0 radical (unpaired) electrons. The van der Waals surface area contributed by atoms with Crippen LogP contribution in [0, 0.1) is 6.92 Å². The van der Waals surface area contributed by atoms with Gasteiger partial charge in [0.25, 0.3) is 0 Å². The molecule has 0 aliphatic carbocycles. The summed E-state index contributed by atoms with van der Waals surface area (Å²) in [4.78, 5) is 29.7. The predicted octanol–water partition coefficient (Wildman–Crippen LogP) is 4.68. The van der Waals surface area contributed by atoms with Crippen molar-refractivity contribution >= 4 is 38.7 Å². The Kier molecular flexibility index (Phi) is 8.74. The Balaban J connectivity index is 1.46. The van der Waals surface area contributed by atoms with Crippen molar-refractivity contribution in [2.75, 3.05) is 51.7 Å². The monoisotopic (exact) mass is 604 g/mol. The number of nitrogens with zero attached hydrogens (tertiary/aromatic N) is 4. The first-order valence-electron chi connectivity index (χ1n) is 14.2. The van der Waals surface area contributed by atoms with Gasteiger partial charge < -0.3 is 24.2 Å². The van der Waals surface area contributed by atoms with Crippen molar-refractivity contribution in [1.82, 2.24) is 14.1 Å². The van der Waals surface area contributed by atoms with Crippen molar-refractivity contribution in [3.63, 3.8) is 0 Å². The van der Waals surface area contributed by atoms with E-state index in [9.17, 15) is 23.1 Å². The maximum atomic E-state index is 14.2. The zero-order chi connectivity index (χ0) is 30.7. The maximum absolute atomic E-state index is 14.2. The second kappa shape index (κ2) is 12.5. The van der Waals surface area contributed by atoms with Crippen LogP contribution in [0.15, 0.2) is 82.1 Å². The number of anilines is 1. The number of piperazine rings is 1. The summed E-state index contributed by atoms with van der Waals surface area (Å²) in [7, 11) is -0.516. The van der Waals surface area contributed by atoms with Crippen LogP contribution in [0.3, 0.4) is 0 Å². The van der Waals surface area contributed by atoms with Crippen molar-refractivity contribution in [3.8, 4) is 0 Å². The van der Waals surface area contributed by atoms with Crippen LogP contribution >= 0.6 is 0 Å². The van der Waals surface area contributed by atoms with Crippen LogP contribution in [0.1, 0.15) is 27.2 Å². The number of hydrogen-bond acceptors (Lipinski definition) is 6. The molecule has 0 atom stereocenters. The zero-order valence-electron chi connectivity index (χ0n) is 24.6. The van der Waals surface area contributed by atoms with E-state index in [2.05, 4.69) is 4.90 Å². The highest BCUT2D eigenvalue weighted by atomic mass is 32.2. The molecule has 10 nitrogen and oxygen atoms in total. The number of amides is 2. The molecule has 0 unspecified atom stereocenters. The third-order valence-corrected chi connectivity index (χ3v) is 9.69. The minimum atomic E-state index is -4.00. The first-order chi connectivity index (χ1) is 20.6. The number of rotatable bonds is 9. The molecule has 11 heteroatoms. The molecule has 1 fully saturated rings. The number of sulfonamides is 1. The number of para-hydroxylation sites is 1. The van der Waals surface area contributed by atoms with Gasteiger partial charge in [-0.2, -0.15) is 4.31 Å². The maximum Gasteiger partial charge on any atom is 0.372 e. The number of benzene rings is 3. The van der Waals surface area contributed by atoms with Gasteiger partial charge in [0.05, 0.1) is 4.90 Å². The summed E-state index contributed by atoms with van der Waals surface area (Å²) in [6.07, 6.45) is 0.518. The number of aryl methyl sites for hydroxylation is 1. The molecule has 0 saturated carbocycles. The average molecular weight is 605 g/mol. The van der Waals surface area contributed by atoms with E-state index in [1.54, 1.807) is 25.9 Å². The van der Waals surface area contributed by atoms with Crippen LogP contribution in [0.4, 0.5) is 10.5 Å². The molecule has 4 aromatic rings. The smallest absolute Gasteiger partial charge is 0.372 e. The van der Waals surface area contributed by atoms with Gasteiger partial charge in [-0.15, -0.1) is 0 Å². The summed E-state index contributed by atoms with van der Waals surface area (Å²) in [6.45, 7) is 4.42. The van der Waals surface area contributed by atoms with Gasteiger partial charge in [0.1, 0.15) is 5.58 Å². The Morgan fingerprint density at radius 3 is 2.28 bits per heavy atom. The first-order valence-corrected chi connectivity index (χ1v) is 15.6. The molecule has 226 valence electrons. The fourth-order valence-corrected chi connectivity index (χ4v) is 6.91. The SMILES string of the molecule is Cc1c(C(=O)O)oc2ccc(S(=O)(=O)N(CCc3ccccc3)Cc3ccccc3N3CCN(C(=O)N(C)C)CC3)cc12. The molecule has 2 heterocycles. The van der Waals surface area contributed by atoms with E-state index in [1.165, 1.54) is 22.5 Å². The molecular formula is C32H36N4O6S. The number of carboxylic acid groups (broad SMARTS) is 1. The zero-order valence-corrected chi connectivity index (χ0v) is 25.4. The molecule has 5 rings (SSSR count). The van der Waals surface area contributed by atoms with E-state index in [1.807, 2.05) is 59.5 Å². The lowest BCUT2D eigenvalue weighted by atomic mass is 10.1. The summed E-state index contributed by atoms with van der Waals surface area (Å²) in [5.74, 6) is -1.40. The van der Waals surface area contributed by atoms with E-state index in [-0.39, 0.29) is 29.8 Å². The van der Waals surface area contributed by atoms with E-state index in [0.717, 1.165) is 16.8 Å². The number of hydrogen-bond donors (Lipinski definition) is 1. The van der Waals surface area contributed by atoms with E-state index in [4.69, 9.17) is 4.42 Å².